The predicted octanol–water partition coefficient (Wildman–Crippen LogP) is 4.28. The Kier molecular flexibility index (Phi) is 23.3. The molecule has 0 saturated carbocycles. The van der Waals surface area contributed by atoms with E-state index in [1.54, 1.807) is 0 Å². The number of unbranched alkanes of at least 4 members (excludes halogenated alkanes) is 15. The lowest BCUT2D eigenvalue weighted by Gasteiger charge is -2.33. The van der Waals surface area contributed by atoms with Gasteiger partial charge in [-0.05, 0) is 19.8 Å². The van der Waals surface area contributed by atoms with Gasteiger partial charge in [-0.25, -0.2) is 0 Å². The van der Waals surface area contributed by atoms with Gasteiger partial charge in [0.25, 0.3) is 0 Å². The molecule has 2 unspecified atom stereocenters. The molecule has 0 aliphatic carbocycles. The Hall–Kier alpha value is 0.500. The molecule has 0 fully saturated rings. The van der Waals surface area contributed by atoms with Crippen molar-refractivity contribution in [2.75, 3.05) is 26.1 Å². The van der Waals surface area contributed by atoms with Crippen molar-refractivity contribution >= 4 is 11.6 Å². The summed E-state index contributed by atoms with van der Waals surface area (Å²) >= 11 is 6.08. The fraction of sp³-hybridized carbons (Fsp3) is 1.00. The minimum atomic E-state index is -0.264. The lowest BCUT2D eigenvalue weighted by molar-refractivity contribution is -0.901. The van der Waals surface area contributed by atoms with Gasteiger partial charge in [-0.3, -0.25) is 0 Å². The van der Waals surface area contributed by atoms with E-state index in [4.69, 9.17) is 11.6 Å². The number of nitrogens with zero attached hydrogens (tertiary/aromatic N) is 1. The molecule has 0 aliphatic rings. The van der Waals surface area contributed by atoms with Gasteiger partial charge in [0.05, 0.1) is 13.6 Å². The Bertz CT molecular complexity index is 290. The van der Waals surface area contributed by atoms with Gasteiger partial charge in [-0.2, -0.15) is 0 Å². The van der Waals surface area contributed by atoms with Crippen LogP contribution < -0.4 is 12.4 Å². The van der Waals surface area contributed by atoms with E-state index in [9.17, 15) is 5.11 Å². The highest BCUT2D eigenvalue weighted by Crippen LogP contribution is 2.15. The van der Waals surface area contributed by atoms with Crippen molar-refractivity contribution in [3.05, 3.63) is 0 Å². The molecule has 0 aliphatic heterocycles. The third kappa shape index (κ3) is 21.0. The summed E-state index contributed by atoms with van der Waals surface area (Å²) < 4.78 is 0.790. The normalized spacial score (nSPS) is 14.6. The van der Waals surface area contributed by atoms with Crippen LogP contribution in [0.1, 0.15) is 117 Å². The van der Waals surface area contributed by atoms with Gasteiger partial charge in [0, 0.05) is 0 Å². The summed E-state index contributed by atoms with van der Waals surface area (Å²) in [6.45, 7) is 6.00. The molecular formula is C23H49Cl2NO. The number of aliphatic hydroxyl groups excluding tert-OH is 1. The Balaban J connectivity index is 0. The van der Waals surface area contributed by atoms with Crippen LogP contribution in [0.2, 0.25) is 0 Å². The van der Waals surface area contributed by atoms with Crippen molar-refractivity contribution in [1.29, 1.82) is 0 Å². The fourth-order valence-electron chi connectivity index (χ4n) is 3.88. The maximum absolute atomic E-state index is 9.58. The van der Waals surface area contributed by atoms with E-state index in [1.807, 2.05) is 6.92 Å². The number of aliphatic hydroxyl groups is 1. The second-order valence-electron chi connectivity index (χ2n) is 8.80. The molecular weight excluding hydrogens is 377 g/mol. The van der Waals surface area contributed by atoms with Crippen molar-refractivity contribution in [3.63, 3.8) is 0 Å². The largest absolute Gasteiger partial charge is 1.00 e. The fourth-order valence-corrected chi connectivity index (χ4v) is 4.10. The first kappa shape index (κ1) is 29.7. The highest BCUT2D eigenvalue weighted by atomic mass is 35.5. The number of rotatable bonds is 20. The molecule has 0 saturated heterocycles. The zero-order chi connectivity index (χ0) is 19.5. The minimum absolute atomic E-state index is 0. The van der Waals surface area contributed by atoms with Crippen LogP contribution in [0.4, 0.5) is 0 Å². The van der Waals surface area contributed by atoms with E-state index in [0.717, 1.165) is 17.6 Å². The molecule has 4 heteroatoms. The van der Waals surface area contributed by atoms with E-state index in [-0.39, 0.29) is 18.5 Å². The van der Waals surface area contributed by atoms with Crippen LogP contribution in [0.5, 0.6) is 0 Å². The number of hydrogen-bond acceptors (Lipinski definition) is 1. The molecule has 2 atom stereocenters. The molecule has 166 valence electrons. The summed E-state index contributed by atoms with van der Waals surface area (Å²) in [4.78, 5) is 0. The number of halogens is 2. The molecule has 0 rings (SSSR count). The lowest BCUT2D eigenvalue weighted by Crippen LogP contribution is -3.00. The standard InChI is InChI=1S/C23H49ClNO.ClH/c1-4-5-6-7-8-9-10-11-12-13-14-15-16-17-18-19-20-25(3,22-24)21-23(2)26;/h23,26H,4-22H2,1-3H3;1H/q+1;/p-1. The van der Waals surface area contributed by atoms with Crippen LogP contribution in [0.25, 0.3) is 0 Å². The Morgan fingerprint density at radius 1 is 0.704 bits per heavy atom. The molecule has 0 bridgehead atoms. The first-order valence-electron chi connectivity index (χ1n) is 11.6. The van der Waals surface area contributed by atoms with Crippen molar-refractivity contribution < 1.29 is 22.0 Å². The SMILES string of the molecule is CCCCCCCCCCCCCCCCCC[N+](C)(CCl)CC(C)O.[Cl-]. The van der Waals surface area contributed by atoms with Gasteiger partial charge in [0.1, 0.15) is 12.6 Å². The third-order valence-electron chi connectivity index (χ3n) is 5.55. The maximum atomic E-state index is 9.58. The highest BCUT2D eigenvalue weighted by molar-refractivity contribution is 6.16. The molecule has 0 aromatic rings. The van der Waals surface area contributed by atoms with Crippen molar-refractivity contribution in [2.24, 2.45) is 0 Å². The molecule has 2 nitrogen and oxygen atoms in total. The van der Waals surface area contributed by atoms with E-state index < -0.39 is 0 Å². The lowest BCUT2D eigenvalue weighted by atomic mass is 10.0. The van der Waals surface area contributed by atoms with Crippen molar-refractivity contribution in [3.8, 4) is 0 Å². The first-order chi connectivity index (χ1) is 12.5. The molecule has 0 spiro atoms. The Morgan fingerprint density at radius 2 is 1.04 bits per heavy atom. The van der Waals surface area contributed by atoms with Crippen molar-refractivity contribution in [2.45, 2.75) is 123 Å². The molecule has 0 amide bonds. The van der Waals surface area contributed by atoms with Gasteiger partial charge in [-0.15, -0.1) is 0 Å². The summed E-state index contributed by atoms with van der Waals surface area (Å²) in [7, 11) is 2.16. The number of hydrogen-bond donors (Lipinski definition) is 1. The quantitative estimate of drug-likeness (QED) is 0.133. The van der Waals surface area contributed by atoms with Crippen LogP contribution in [0.3, 0.4) is 0 Å². The van der Waals surface area contributed by atoms with Gasteiger partial charge in [0.2, 0.25) is 0 Å². The summed E-state index contributed by atoms with van der Waals surface area (Å²) in [6, 6.07) is 0.601. The molecule has 0 aromatic carbocycles. The average Bonchev–Trinajstić information content (AvgIpc) is 2.60. The Labute approximate surface area is 182 Å². The number of quaternary nitrogens is 1. The summed E-state index contributed by atoms with van der Waals surface area (Å²) in [6.07, 6.45) is 22.2. The van der Waals surface area contributed by atoms with Crippen LogP contribution in [-0.4, -0.2) is 41.8 Å². The predicted molar refractivity (Wildman–Crippen MR) is 118 cm³/mol. The van der Waals surface area contributed by atoms with E-state index in [2.05, 4.69) is 14.0 Å². The Morgan fingerprint density at radius 3 is 1.33 bits per heavy atom. The van der Waals surface area contributed by atoms with Gasteiger partial charge < -0.3 is 22.0 Å². The summed E-state index contributed by atoms with van der Waals surface area (Å²) in [5.74, 6) is 0. The molecule has 27 heavy (non-hydrogen) atoms. The number of alkyl halides is 1. The van der Waals surface area contributed by atoms with Crippen molar-refractivity contribution in [1.82, 2.24) is 0 Å². The second kappa shape index (κ2) is 21.2. The van der Waals surface area contributed by atoms with Crippen LogP contribution >= 0.6 is 11.6 Å². The maximum Gasteiger partial charge on any atom is 0.154 e. The minimum Gasteiger partial charge on any atom is -1.00 e. The van der Waals surface area contributed by atoms with E-state index in [1.165, 1.54) is 103 Å². The van der Waals surface area contributed by atoms with E-state index in [0.29, 0.717) is 6.00 Å². The van der Waals surface area contributed by atoms with Gasteiger partial charge >= 0.3 is 0 Å². The topological polar surface area (TPSA) is 20.2 Å². The number of likely N-dealkylation sites (N-methyl/N-ethyl adjacent to an activating group) is 1. The molecule has 0 aromatic heterocycles. The highest BCUT2D eigenvalue weighted by Gasteiger charge is 2.21. The van der Waals surface area contributed by atoms with Gasteiger partial charge in [-0.1, -0.05) is 108 Å². The van der Waals surface area contributed by atoms with Gasteiger partial charge in [0.15, 0.2) is 6.00 Å². The molecule has 0 radical (unpaired) electrons. The van der Waals surface area contributed by atoms with Crippen LogP contribution in [-0.2, 0) is 0 Å². The zero-order valence-electron chi connectivity index (χ0n) is 18.7. The van der Waals surface area contributed by atoms with Crippen LogP contribution in [0.15, 0.2) is 0 Å². The zero-order valence-corrected chi connectivity index (χ0v) is 20.2. The molecule has 0 heterocycles. The van der Waals surface area contributed by atoms with Crippen LogP contribution in [0, 0.1) is 0 Å². The van der Waals surface area contributed by atoms with E-state index >= 15 is 0 Å². The second-order valence-corrected chi connectivity index (χ2v) is 9.04. The molecule has 1 N–H and O–H groups in total. The third-order valence-corrected chi connectivity index (χ3v) is 6.12. The first-order valence-corrected chi connectivity index (χ1v) is 12.1. The smallest absolute Gasteiger partial charge is 0.154 e. The summed E-state index contributed by atoms with van der Waals surface area (Å²) in [5, 5.41) is 9.58. The summed E-state index contributed by atoms with van der Waals surface area (Å²) in [5.41, 5.74) is 0. The average molecular weight is 427 g/mol. The monoisotopic (exact) mass is 425 g/mol.